The number of aromatic nitrogens is 1. The van der Waals surface area contributed by atoms with E-state index in [9.17, 15) is 13.2 Å². The molecular weight excluding hydrogens is 522 g/mol. The van der Waals surface area contributed by atoms with Gasteiger partial charge in [0.1, 0.15) is 4.90 Å². The molecule has 2 fully saturated rings. The van der Waals surface area contributed by atoms with E-state index in [1.807, 2.05) is 36.4 Å². The van der Waals surface area contributed by atoms with Crippen molar-refractivity contribution in [1.29, 1.82) is 0 Å². The summed E-state index contributed by atoms with van der Waals surface area (Å²) in [5.74, 6) is 0.347. The van der Waals surface area contributed by atoms with Gasteiger partial charge in [0, 0.05) is 62.6 Å². The first-order chi connectivity index (χ1) is 19.4. The molecule has 1 amide bonds. The molecule has 0 atom stereocenters. The number of piperazine rings is 1. The predicted molar refractivity (Wildman–Crippen MR) is 159 cm³/mol. The highest BCUT2D eigenvalue weighted by Gasteiger charge is 2.24. The van der Waals surface area contributed by atoms with Gasteiger partial charge in [0.15, 0.2) is 0 Å². The van der Waals surface area contributed by atoms with Crippen molar-refractivity contribution in [2.75, 3.05) is 30.9 Å². The first-order valence-corrected chi connectivity index (χ1v) is 15.5. The number of amides is 1. The number of nitrogens with one attached hydrogen (secondary N) is 1. The van der Waals surface area contributed by atoms with E-state index in [1.54, 1.807) is 42.6 Å². The third kappa shape index (κ3) is 6.95. The van der Waals surface area contributed by atoms with E-state index >= 15 is 0 Å². The molecule has 1 aliphatic heterocycles. The summed E-state index contributed by atoms with van der Waals surface area (Å²) >= 11 is 0. The number of para-hydroxylation sites is 1. The van der Waals surface area contributed by atoms with Crippen LogP contribution in [-0.2, 0) is 16.6 Å². The maximum absolute atomic E-state index is 13.4. The molecule has 2 aromatic carbocycles. The van der Waals surface area contributed by atoms with E-state index in [-0.39, 0.29) is 10.8 Å². The van der Waals surface area contributed by atoms with Gasteiger partial charge in [0.05, 0.1) is 5.69 Å². The second kappa shape index (κ2) is 12.7. The molecule has 8 nitrogen and oxygen atoms in total. The van der Waals surface area contributed by atoms with Gasteiger partial charge in [0.2, 0.25) is 0 Å². The number of hydrogen-bond acceptors (Lipinski definition) is 6. The van der Waals surface area contributed by atoms with Crippen LogP contribution in [0.15, 0.2) is 76.9 Å². The zero-order chi connectivity index (χ0) is 28.0. The maximum Gasteiger partial charge on any atom is 0.264 e. The fourth-order valence-electron chi connectivity index (χ4n) is 5.41. The minimum Gasteiger partial charge on any atom is -0.336 e. The van der Waals surface area contributed by atoms with Crippen molar-refractivity contribution >= 4 is 33.5 Å². The third-order valence-electron chi connectivity index (χ3n) is 7.73. The van der Waals surface area contributed by atoms with Crippen LogP contribution < -0.4 is 4.72 Å². The summed E-state index contributed by atoms with van der Waals surface area (Å²) in [6.07, 6.45) is 11.4. The average Bonchev–Trinajstić information content (AvgIpc) is 2.98. The van der Waals surface area contributed by atoms with Gasteiger partial charge in [-0.1, -0.05) is 37.5 Å². The van der Waals surface area contributed by atoms with E-state index in [1.165, 1.54) is 19.3 Å². The van der Waals surface area contributed by atoms with E-state index in [4.69, 9.17) is 0 Å². The Hall–Kier alpha value is -3.56. The number of anilines is 1. The van der Waals surface area contributed by atoms with E-state index < -0.39 is 10.0 Å². The number of carbonyl (C=O) groups excluding carboxylic acids is 1. The summed E-state index contributed by atoms with van der Waals surface area (Å²) in [6.45, 7) is 5.57. The van der Waals surface area contributed by atoms with Crippen molar-refractivity contribution in [2.24, 2.45) is 10.9 Å². The maximum atomic E-state index is 13.4. The van der Waals surface area contributed by atoms with Crippen molar-refractivity contribution < 1.29 is 13.2 Å². The van der Waals surface area contributed by atoms with Crippen LogP contribution in [0, 0.1) is 12.8 Å². The van der Waals surface area contributed by atoms with Crippen molar-refractivity contribution in [2.45, 2.75) is 50.5 Å². The van der Waals surface area contributed by atoms with Crippen LogP contribution in [0.5, 0.6) is 0 Å². The Morgan fingerprint density at radius 3 is 2.45 bits per heavy atom. The van der Waals surface area contributed by atoms with Gasteiger partial charge in [-0.3, -0.25) is 24.4 Å². The van der Waals surface area contributed by atoms with E-state index in [0.717, 1.165) is 43.6 Å². The monoisotopic (exact) mass is 559 g/mol. The van der Waals surface area contributed by atoms with Crippen LogP contribution in [0.2, 0.25) is 0 Å². The molecule has 0 bridgehead atoms. The lowest BCUT2D eigenvalue weighted by atomic mass is 9.90. The van der Waals surface area contributed by atoms with Crippen LogP contribution in [0.25, 0.3) is 0 Å². The highest BCUT2D eigenvalue weighted by molar-refractivity contribution is 7.92. The molecule has 0 spiro atoms. The summed E-state index contributed by atoms with van der Waals surface area (Å²) in [5, 5.41) is 0. The Morgan fingerprint density at radius 2 is 1.75 bits per heavy atom. The lowest BCUT2D eigenvalue weighted by molar-refractivity contribution is 0.0628. The second-order valence-corrected chi connectivity index (χ2v) is 12.4. The number of aryl methyl sites for hydroxylation is 1. The van der Waals surface area contributed by atoms with Gasteiger partial charge in [-0.25, -0.2) is 8.42 Å². The summed E-state index contributed by atoms with van der Waals surface area (Å²) in [4.78, 5) is 26.3. The summed E-state index contributed by atoms with van der Waals surface area (Å²) in [7, 11) is -3.87. The molecule has 3 aromatic rings. The van der Waals surface area contributed by atoms with Crippen molar-refractivity contribution in [3.05, 3.63) is 83.7 Å². The van der Waals surface area contributed by atoms with Gasteiger partial charge < -0.3 is 4.90 Å². The Balaban J connectivity index is 1.21. The number of aliphatic imine (C=N–C) groups is 1. The Labute approximate surface area is 237 Å². The van der Waals surface area contributed by atoms with Crippen LogP contribution in [0.3, 0.4) is 0 Å². The number of benzene rings is 2. The minimum atomic E-state index is -3.87. The standard InChI is InChI=1S/C31H37N5O3S/c1-24-7-5-11-29(30(24)33-22-25-8-3-2-4-9-25)40(38,39)34-28-14-12-27(13-15-28)31(37)36-19-17-35(18-20-36)23-26-10-6-16-32-21-26/h5-7,10-16,21-22,25,34H,2-4,8-9,17-20,23H2,1H3/b33-22-. The lowest BCUT2D eigenvalue weighted by Crippen LogP contribution is -2.48. The van der Waals surface area contributed by atoms with Gasteiger partial charge >= 0.3 is 0 Å². The van der Waals surface area contributed by atoms with Gasteiger partial charge in [-0.05, 0) is 73.2 Å². The SMILES string of the molecule is Cc1cccc(S(=O)(=O)Nc2ccc(C(=O)N3CCN(Cc4cccnc4)CC3)cc2)c1/N=C\C1CCCCC1. The number of hydrogen-bond donors (Lipinski definition) is 1. The summed E-state index contributed by atoms with van der Waals surface area (Å²) in [5.41, 5.74) is 3.40. The van der Waals surface area contributed by atoms with Gasteiger partial charge in [-0.2, -0.15) is 0 Å². The van der Waals surface area contributed by atoms with Crippen molar-refractivity contribution in [3.8, 4) is 0 Å². The molecule has 1 aliphatic carbocycles. The fraction of sp³-hybridized carbons (Fsp3) is 0.387. The summed E-state index contributed by atoms with van der Waals surface area (Å²) < 4.78 is 29.4. The highest BCUT2D eigenvalue weighted by Crippen LogP contribution is 2.31. The molecule has 0 unspecified atom stereocenters. The number of carbonyl (C=O) groups is 1. The number of rotatable bonds is 8. The molecular formula is C31H37N5O3S. The lowest BCUT2D eigenvalue weighted by Gasteiger charge is -2.34. The molecule has 2 heterocycles. The molecule has 1 N–H and O–H groups in total. The van der Waals surface area contributed by atoms with E-state index in [0.29, 0.717) is 35.9 Å². The second-order valence-electron chi connectivity index (χ2n) is 10.7. The molecule has 0 radical (unpaired) electrons. The average molecular weight is 560 g/mol. The molecule has 9 heteroatoms. The summed E-state index contributed by atoms with van der Waals surface area (Å²) in [6, 6.07) is 15.9. The fourth-order valence-corrected chi connectivity index (χ4v) is 6.69. The minimum absolute atomic E-state index is 0.0477. The molecule has 210 valence electrons. The van der Waals surface area contributed by atoms with Crippen molar-refractivity contribution in [1.82, 2.24) is 14.8 Å². The molecule has 40 heavy (non-hydrogen) atoms. The first-order valence-electron chi connectivity index (χ1n) is 14.1. The predicted octanol–water partition coefficient (Wildman–Crippen LogP) is 5.43. The topological polar surface area (TPSA) is 95.0 Å². The molecule has 5 rings (SSSR count). The molecule has 1 saturated carbocycles. The normalized spacial score (nSPS) is 17.3. The van der Waals surface area contributed by atoms with Crippen LogP contribution in [-0.4, -0.2) is 61.5 Å². The first kappa shape index (κ1) is 28.0. The number of sulfonamides is 1. The zero-order valence-corrected chi connectivity index (χ0v) is 23.8. The van der Waals surface area contributed by atoms with Crippen LogP contribution in [0.1, 0.15) is 53.6 Å². The Morgan fingerprint density at radius 1 is 1.00 bits per heavy atom. The Kier molecular flexibility index (Phi) is 8.91. The molecule has 1 aromatic heterocycles. The van der Waals surface area contributed by atoms with Crippen LogP contribution >= 0.6 is 0 Å². The van der Waals surface area contributed by atoms with Gasteiger partial charge in [0.25, 0.3) is 15.9 Å². The third-order valence-corrected chi connectivity index (χ3v) is 9.14. The van der Waals surface area contributed by atoms with Crippen LogP contribution in [0.4, 0.5) is 11.4 Å². The molecule has 2 aliphatic rings. The Bertz CT molecular complexity index is 1430. The van der Waals surface area contributed by atoms with E-state index in [2.05, 4.69) is 25.7 Å². The quantitative estimate of drug-likeness (QED) is 0.371. The largest absolute Gasteiger partial charge is 0.336 e. The number of nitrogens with zero attached hydrogens (tertiary/aromatic N) is 4. The van der Waals surface area contributed by atoms with Crippen molar-refractivity contribution in [3.63, 3.8) is 0 Å². The highest BCUT2D eigenvalue weighted by atomic mass is 32.2. The zero-order valence-electron chi connectivity index (χ0n) is 23.0. The smallest absolute Gasteiger partial charge is 0.264 e. The molecule has 1 saturated heterocycles. The van der Waals surface area contributed by atoms with Gasteiger partial charge in [-0.15, -0.1) is 0 Å². The number of pyridine rings is 1.